The molecule has 11 nitrogen and oxygen atoms in total. The van der Waals surface area contributed by atoms with E-state index in [0.29, 0.717) is 53.5 Å². The number of nitrogens with zero attached hydrogens (tertiary/aromatic N) is 1. The molecule has 4 N–H and O–H groups in total. The average molecular weight is 527 g/mol. The number of carbonyl (C=O) groups is 2. The zero-order chi connectivity index (χ0) is 25.4. The number of fused-ring (bicyclic) bond motifs is 1. The van der Waals surface area contributed by atoms with E-state index in [1.807, 2.05) is 19.9 Å². The van der Waals surface area contributed by atoms with Crippen LogP contribution in [0.3, 0.4) is 0 Å². The highest BCUT2D eigenvalue weighted by molar-refractivity contribution is 7.84. The van der Waals surface area contributed by atoms with Gasteiger partial charge in [-0.05, 0) is 31.4 Å². The van der Waals surface area contributed by atoms with Crippen molar-refractivity contribution >= 4 is 44.6 Å². The molecule has 2 aromatic rings. The van der Waals surface area contributed by atoms with Crippen molar-refractivity contribution in [1.82, 2.24) is 20.3 Å². The zero-order valence-corrected chi connectivity index (χ0v) is 20.8. The van der Waals surface area contributed by atoms with E-state index < -0.39 is 33.7 Å². The predicted octanol–water partition coefficient (Wildman–Crippen LogP) is 1.60. The van der Waals surface area contributed by atoms with Gasteiger partial charge in [0.25, 0.3) is 5.91 Å². The van der Waals surface area contributed by atoms with Crippen LogP contribution >= 0.6 is 11.6 Å². The van der Waals surface area contributed by atoms with Crippen molar-refractivity contribution in [3.8, 4) is 11.6 Å². The molecule has 4 unspecified atom stereocenters. The Balaban J connectivity index is 1.46. The quantitative estimate of drug-likeness (QED) is 0.356. The molecule has 1 aliphatic carbocycles. The van der Waals surface area contributed by atoms with Gasteiger partial charge >= 0.3 is 10.3 Å². The monoisotopic (exact) mass is 526 g/mol. The topological polar surface area (TPSA) is 156 Å². The maximum absolute atomic E-state index is 13.0. The maximum atomic E-state index is 13.0. The predicted molar refractivity (Wildman–Crippen MR) is 128 cm³/mol. The first kappa shape index (κ1) is 25.4. The van der Waals surface area contributed by atoms with Gasteiger partial charge in [0.2, 0.25) is 11.8 Å². The van der Waals surface area contributed by atoms with Crippen LogP contribution in [0, 0.1) is 5.92 Å². The minimum Gasteiger partial charge on any atom is -0.488 e. The van der Waals surface area contributed by atoms with E-state index in [4.69, 9.17) is 25.6 Å². The summed E-state index contributed by atoms with van der Waals surface area (Å²) in [6.07, 6.45) is 0.789. The number of rotatable bonds is 9. The molecule has 0 bridgehead atoms. The average Bonchev–Trinajstić information content (AvgIpc) is 3.30. The Morgan fingerprint density at radius 3 is 2.77 bits per heavy atom. The molecule has 190 valence electrons. The number of nitrogens with one attached hydrogen (secondary N) is 3. The van der Waals surface area contributed by atoms with Crippen molar-refractivity contribution in [2.75, 3.05) is 13.2 Å². The molecule has 1 aliphatic heterocycles. The van der Waals surface area contributed by atoms with E-state index in [-0.39, 0.29) is 18.4 Å². The molecule has 1 aromatic carbocycles. The van der Waals surface area contributed by atoms with Crippen molar-refractivity contribution < 1.29 is 32.0 Å². The largest absolute Gasteiger partial charge is 0.488 e. The zero-order valence-electron chi connectivity index (χ0n) is 19.2. The number of amides is 2. The normalized spacial score (nSPS) is 25.8. The molecule has 1 saturated carbocycles. The number of carbonyl (C=O) groups excluding carboxylic acids is 2. The summed E-state index contributed by atoms with van der Waals surface area (Å²) in [5.74, 6) is -0.739. The molecule has 35 heavy (non-hydrogen) atoms. The fraction of sp³-hybridized carbons (Fsp3) is 0.500. The van der Waals surface area contributed by atoms with Crippen LogP contribution in [0.5, 0.6) is 11.6 Å². The second-order valence-electron chi connectivity index (χ2n) is 8.64. The van der Waals surface area contributed by atoms with Crippen LogP contribution in [-0.2, 0) is 19.9 Å². The van der Waals surface area contributed by atoms with Crippen LogP contribution in [0.25, 0.3) is 10.9 Å². The first-order valence-electron chi connectivity index (χ1n) is 11.3. The molecule has 2 fully saturated rings. The van der Waals surface area contributed by atoms with Gasteiger partial charge in [-0.2, -0.15) is 8.42 Å². The Morgan fingerprint density at radius 1 is 1.34 bits per heavy atom. The minimum absolute atomic E-state index is 0.230. The highest BCUT2D eigenvalue weighted by Crippen LogP contribution is 2.46. The number of para-hydroxylation sites is 1. The molecular weight excluding hydrogens is 500 g/mol. The molecule has 2 amide bonds. The van der Waals surface area contributed by atoms with E-state index in [2.05, 4.69) is 15.6 Å². The highest BCUT2D eigenvalue weighted by Gasteiger charge is 2.61. The Bertz CT molecular complexity index is 1260. The molecule has 13 heteroatoms. The number of halogens is 1. The van der Waals surface area contributed by atoms with E-state index >= 15 is 0 Å². The standard InChI is InChI=1S/C22H27ClN4O7S/c1-3-12-10-22(12,21(29)27-35(30,31)32)26-20(28)16-8-13(11-24-16)34-17-9-18(33-4-2)25-19-14(17)6-5-7-15(19)23/h5-7,9,12-13,16,24H,3-4,8,10-11H2,1-2H3,(H,26,28)(H,27,29)(H,30,31,32). The maximum Gasteiger partial charge on any atom is 0.359 e. The molecule has 2 aliphatic rings. The minimum atomic E-state index is -4.74. The van der Waals surface area contributed by atoms with E-state index in [1.54, 1.807) is 22.9 Å². The number of ether oxygens (including phenoxy) is 2. The van der Waals surface area contributed by atoms with E-state index in [9.17, 15) is 18.0 Å². The van der Waals surface area contributed by atoms with Crippen LogP contribution in [0.1, 0.15) is 33.1 Å². The first-order valence-corrected chi connectivity index (χ1v) is 13.1. The Morgan fingerprint density at radius 2 is 2.11 bits per heavy atom. The number of pyridine rings is 1. The van der Waals surface area contributed by atoms with E-state index in [0.717, 1.165) is 0 Å². The van der Waals surface area contributed by atoms with Gasteiger partial charge in [-0.3, -0.25) is 14.1 Å². The second kappa shape index (κ2) is 9.76. The molecule has 0 spiro atoms. The number of benzene rings is 1. The van der Waals surface area contributed by atoms with Crippen molar-refractivity contribution in [3.63, 3.8) is 0 Å². The van der Waals surface area contributed by atoms with Gasteiger partial charge < -0.3 is 20.1 Å². The summed E-state index contributed by atoms with van der Waals surface area (Å²) in [4.78, 5) is 29.9. The molecule has 4 atom stereocenters. The molecule has 0 radical (unpaired) electrons. The fourth-order valence-electron chi connectivity index (χ4n) is 4.48. The Labute approximate surface area is 207 Å². The summed E-state index contributed by atoms with van der Waals surface area (Å²) in [5, 5.41) is 6.94. The van der Waals surface area contributed by atoms with Crippen LogP contribution in [-0.4, -0.2) is 60.6 Å². The summed E-state index contributed by atoms with van der Waals surface area (Å²) in [5.41, 5.74) is -0.825. The van der Waals surface area contributed by atoms with Crippen molar-refractivity contribution in [3.05, 3.63) is 29.3 Å². The number of hydrogen-bond donors (Lipinski definition) is 4. The molecule has 1 aromatic heterocycles. The van der Waals surface area contributed by atoms with Crippen LogP contribution in [0.2, 0.25) is 5.02 Å². The summed E-state index contributed by atoms with van der Waals surface area (Å²) < 4.78 is 44.5. The lowest BCUT2D eigenvalue weighted by Crippen LogP contribution is -2.55. The third-order valence-electron chi connectivity index (χ3n) is 6.29. The van der Waals surface area contributed by atoms with Crippen molar-refractivity contribution in [1.29, 1.82) is 0 Å². The lowest BCUT2D eigenvalue weighted by Gasteiger charge is -2.21. The van der Waals surface area contributed by atoms with Gasteiger partial charge in [-0.15, -0.1) is 0 Å². The van der Waals surface area contributed by atoms with Crippen molar-refractivity contribution in [2.45, 2.75) is 50.8 Å². The summed E-state index contributed by atoms with van der Waals surface area (Å²) >= 11 is 6.31. The first-order chi connectivity index (χ1) is 16.6. The lowest BCUT2D eigenvalue weighted by atomic mass is 10.1. The Hall–Kier alpha value is -2.67. The number of aromatic nitrogens is 1. The van der Waals surface area contributed by atoms with Crippen LogP contribution in [0.4, 0.5) is 0 Å². The molecule has 4 rings (SSSR count). The van der Waals surface area contributed by atoms with Crippen molar-refractivity contribution in [2.24, 2.45) is 5.92 Å². The molecule has 2 heterocycles. The Kier molecular flexibility index (Phi) is 7.09. The third kappa shape index (κ3) is 5.45. The second-order valence-corrected chi connectivity index (χ2v) is 10.2. The molecular formula is C22H27ClN4O7S. The van der Waals surface area contributed by atoms with Crippen LogP contribution in [0.15, 0.2) is 24.3 Å². The summed E-state index contributed by atoms with van der Waals surface area (Å²) in [7, 11) is -4.74. The van der Waals surface area contributed by atoms with Gasteiger partial charge in [0.05, 0.1) is 23.2 Å². The highest BCUT2D eigenvalue weighted by atomic mass is 35.5. The van der Waals surface area contributed by atoms with Gasteiger partial charge in [0.15, 0.2) is 0 Å². The van der Waals surface area contributed by atoms with Gasteiger partial charge in [0.1, 0.15) is 17.4 Å². The SMILES string of the molecule is CCOc1cc(OC2CNC(C(=O)NC3(C(=O)NS(=O)(=O)O)CC3CC)C2)c2cccc(Cl)c2n1. The van der Waals surface area contributed by atoms with Gasteiger partial charge in [-0.1, -0.05) is 31.0 Å². The van der Waals surface area contributed by atoms with Gasteiger partial charge in [0, 0.05) is 24.4 Å². The lowest BCUT2D eigenvalue weighted by molar-refractivity contribution is -0.130. The smallest absolute Gasteiger partial charge is 0.359 e. The van der Waals surface area contributed by atoms with Crippen LogP contribution < -0.4 is 24.8 Å². The fourth-order valence-corrected chi connectivity index (χ4v) is 5.11. The number of hydrogen-bond acceptors (Lipinski definition) is 8. The molecule has 1 saturated heterocycles. The summed E-state index contributed by atoms with van der Waals surface area (Å²) in [6.45, 7) is 4.46. The third-order valence-corrected chi connectivity index (χ3v) is 7.04. The van der Waals surface area contributed by atoms with E-state index in [1.165, 1.54) is 0 Å². The van der Waals surface area contributed by atoms with Gasteiger partial charge in [-0.25, -0.2) is 9.71 Å². The summed E-state index contributed by atoms with van der Waals surface area (Å²) in [6, 6.07) is 6.38.